The molecule has 1 saturated carbocycles. The highest BCUT2D eigenvalue weighted by atomic mass is 15.1. The molecule has 0 radical (unpaired) electrons. The van der Waals surface area contributed by atoms with Crippen LogP contribution in [0.2, 0.25) is 0 Å². The Balaban J connectivity index is 0.000000269. The molecular weight excluding hydrogens is 146 g/mol. The molecule has 1 nitrogen and oxygen atoms in total. The van der Waals surface area contributed by atoms with Crippen molar-refractivity contribution in [2.24, 2.45) is 11.8 Å². The van der Waals surface area contributed by atoms with Gasteiger partial charge in [0.25, 0.3) is 0 Å². The molecule has 2 heterocycles. The van der Waals surface area contributed by atoms with E-state index in [1.54, 1.807) is 0 Å². The van der Waals surface area contributed by atoms with E-state index in [-0.39, 0.29) is 0 Å². The topological polar surface area (TPSA) is 3.24 Å². The van der Waals surface area contributed by atoms with Gasteiger partial charge in [0.05, 0.1) is 0 Å². The molecule has 0 N–H and O–H groups in total. The smallest absolute Gasteiger partial charge is 0.000694 e. The Morgan fingerprint density at radius 2 is 1.17 bits per heavy atom. The molecule has 2 aliphatic heterocycles. The summed E-state index contributed by atoms with van der Waals surface area (Å²) in [6.07, 6.45) is 3.06. The molecule has 0 unspecified atom stereocenters. The van der Waals surface area contributed by atoms with Crippen LogP contribution < -0.4 is 0 Å². The van der Waals surface area contributed by atoms with Crippen LogP contribution in [0.15, 0.2) is 0 Å². The zero-order valence-corrected chi connectivity index (χ0v) is 9.43. The predicted octanol–water partition coefficient (Wildman–Crippen LogP) is 3.01. The quantitative estimate of drug-likeness (QED) is 0.541. The van der Waals surface area contributed by atoms with Gasteiger partial charge >= 0.3 is 0 Å². The van der Waals surface area contributed by atoms with E-state index in [1.807, 2.05) is 27.7 Å². The minimum atomic E-state index is 1.08. The molecule has 3 aliphatic rings. The van der Waals surface area contributed by atoms with Crippen molar-refractivity contribution in [3.05, 3.63) is 0 Å². The van der Waals surface area contributed by atoms with E-state index in [9.17, 15) is 0 Å². The first kappa shape index (κ1) is 12.0. The van der Waals surface area contributed by atoms with Crippen molar-refractivity contribution in [1.29, 1.82) is 0 Å². The summed E-state index contributed by atoms with van der Waals surface area (Å²) < 4.78 is 0. The van der Waals surface area contributed by atoms with Crippen molar-refractivity contribution in [2.75, 3.05) is 20.1 Å². The highest BCUT2D eigenvalue weighted by molar-refractivity contribution is 4.87. The number of hydrogen-bond donors (Lipinski definition) is 0. The van der Waals surface area contributed by atoms with Crippen LogP contribution in [0, 0.1) is 11.8 Å². The normalized spacial score (nSPS) is 31.8. The molecule has 0 aromatic rings. The number of rotatable bonds is 0. The SMILES string of the molecule is CC.CC.CN1CC2CC(C2)C1. The first-order chi connectivity index (χ1) is 5.84. The summed E-state index contributed by atoms with van der Waals surface area (Å²) in [6.45, 7) is 10.7. The second-order valence-corrected chi connectivity index (χ2v) is 3.42. The maximum Gasteiger partial charge on any atom is 0.000694 e. The fourth-order valence-electron chi connectivity index (χ4n) is 2.13. The van der Waals surface area contributed by atoms with Crippen molar-refractivity contribution in [3.63, 3.8) is 0 Å². The van der Waals surface area contributed by atoms with Gasteiger partial charge in [0.1, 0.15) is 0 Å². The number of hydrogen-bond acceptors (Lipinski definition) is 1. The fraction of sp³-hybridized carbons (Fsp3) is 1.00. The van der Waals surface area contributed by atoms with Crippen LogP contribution in [-0.2, 0) is 0 Å². The molecule has 1 heteroatoms. The van der Waals surface area contributed by atoms with E-state index in [2.05, 4.69) is 11.9 Å². The lowest BCUT2D eigenvalue weighted by Gasteiger charge is -2.45. The zero-order valence-electron chi connectivity index (χ0n) is 9.43. The third-order valence-electron chi connectivity index (χ3n) is 2.47. The Kier molecular flexibility index (Phi) is 6.45. The zero-order chi connectivity index (χ0) is 9.56. The largest absolute Gasteiger partial charge is 0.306 e. The lowest BCUT2D eigenvalue weighted by Crippen LogP contribution is -2.46. The van der Waals surface area contributed by atoms with Crippen LogP contribution in [0.1, 0.15) is 40.5 Å². The molecule has 0 aromatic carbocycles. The summed E-state index contributed by atoms with van der Waals surface area (Å²) in [7, 11) is 2.23. The van der Waals surface area contributed by atoms with E-state index >= 15 is 0 Å². The van der Waals surface area contributed by atoms with E-state index in [0.29, 0.717) is 0 Å². The van der Waals surface area contributed by atoms with E-state index in [0.717, 1.165) is 11.8 Å². The Bertz CT molecular complexity index is 85.2. The van der Waals surface area contributed by atoms with Gasteiger partial charge in [-0.3, -0.25) is 0 Å². The minimum Gasteiger partial charge on any atom is -0.306 e. The number of piperidine rings is 2. The van der Waals surface area contributed by atoms with Crippen molar-refractivity contribution >= 4 is 0 Å². The molecule has 3 fully saturated rings. The van der Waals surface area contributed by atoms with Crippen molar-refractivity contribution in [1.82, 2.24) is 4.90 Å². The first-order valence-electron chi connectivity index (χ1n) is 5.53. The summed E-state index contributed by atoms with van der Waals surface area (Å²) in [4.78, 5) is 2.46. The van der Waals surface area contributed by atoms with Crippen molar-refractivity contribution in [3.8, 4) is 0 Å². The van der Waals surface area contributed by atoms with Crippen molar-refractivity contribution in [2.45, 2.75) is 40.5 Å². The van der Waals surface area contributed by atoms with Gasteiger partial charge in [0, 0.05) is 13.1 Å². The van der Waals surface area contributed by atoms with Crippen LogP contribution in [0.4, 0.5) is 0 Å². The summed E-state index contributed by atoms with van der Waals surface area (Å²) in [5.74, 6) is 2.16. The molecule has 3 rings (SSSR count). The summed E-state index contributed by atoms with van der Waals surface area (Å²) >= 11 is 0. The molecule has 74 valence electrons. The lowest BCUT2D eigenvalue weighted by atomic mass is 9.71. The average Bonchev–Trinajstić information content (AvgIpc) is 2.10. The second kappa shape index (κ2) is 6.47. The van der Waals surface area contributed by atoms with E-state index in [4.69, 9.17) is 0 Å². The number of nitrogens with zero attached hydrogens (tertiary/aromatic N) is 1. The average molecular weight is 171 g/mol. The van der Waals surface area contributed by atoms with Gasteiger partial charge in [-0.25, -0.2) is 0 Å². The van der Waals surface area contributed by atoms with Gasteiger partial charge in [0.2, 0.25) is 0 Å². The van der Waals surface area contributed by atoms with Gasteiger partial charge < -0.3 is 4.90 Å². The maximum absolute atomic E-state index is 2.46. The standard InChI is InChI=1S/C7H13N.2C2H6/c1-8-4-6-2-7(3-6)5-8;2*1-2/h6-7H,2-5H2,1H3;2*1-2H3. The molecule has 12 heavy (non-hydrogen) atoms. The summed E-state index contributed by atoms with van der Waals surface area (Å²) in [5, 5.41) is 0. The fourth-order valence-corrected chi connectivity index (χ4v) is 2.13. The van der Waals surface area contributed by atoms with Crippen LogP contribution >= 0.6 is 0 Å². The van der Waals surface area contributed by atoms with Crippen LogP contribution in [-0.4, -0.2) is 25.0 Å². The van der Waals surface area contributed by atoms with Gasteiger partial charge in [-0.1, -0.05) is 27.7 Å². The molecule has 0 atom stereocenters. The highest BCUT2D eigenvalue weighted by Crippen LogP contribution is 2.38. The van der Waals surface area contributed by atoms with E-state index < -0.39 is 0 Å². The first-order valence-corrected chi connectivity index (χ1v) is 5.53. The van der Waals surface area contributed by atoms with Crippen LogP contribution in [0.5, 0.6) is 0 Å². The van der Waals surface area contributed by atoms with Crippen molar-refractivity contribution < 1.29 is 0 Å². The summed E-state index contributed by atoms with van der Waals surface area (Å²) in [5.41, 5.74) is 0. The highest BCUT2D eigenvalue weighted by Gasteiger charge is 2.35. The molecule has 2 bridgehead atoms. The van der Waals surface area contributed by atoms with Gasteiger partial charge in [-0.2, -0.15) is 0 Å². The molecule has 0 aromatic heterocycles. The minimum absolute atomic E-state index is 1.08. The molecule has 2 saturated heterocycles. The molecular formula is C11H25N. The van der Waals surface area contributed by atoms with Crippen LogP contribution in [0.25, 0.3) is 0 Å². The van der Waals surface area contributed by atoms with Gasteiger partial charge in [-0.15, -0.1) is 0 Å². The molecule has 0 spiro atoms. The Labute approximate surface area is 78.1 Å². The lowest BCUT2D eigenvalue weighted by molar-refractivity contribution is 0.0443. The molecule has 1 aliphatic carbocycles. The third-order valence-corrected chi connectivity index (χ3v) is 2.47. The molecule has 0 amide bonds. The van der Waals surface area contributed by atoms with E-state index in [1.165, 1.54) is 25.9 Å². The number of fused-ring (bicyclic) bond motifs is 2. The summed E-state index contributed by atoms with van der Waals surface area (Å²) in [6, 6.07) is 0. The predicted molar refractivity (Wildman–Crippen MR) is 56.4 cm³/mol. The monoisotopic (exact) mass is 171 g/mol. The van der Waals surface area contributed by atoms with Crippen LogP contribution in [0.3, 0.4) is 0 Å². The maximum atomic E-state index is 2.46. The van der Waals surface area contributed by atoms with Gasteiger partial charge in [-0.05, 0) is 31.7 Å². The Morgan fingerprint density at radius 3 is 1.33 bits per heavy atom. The Morgan fingerprint density at radius 1 is 0.833 bits per heavy atom. The second-order valence-electron chi connectivity index (χ2n) is 3.42. The third kappa shape index (κ3) is 3.14. The van der Waals surface area contributed by atoms with Gasteiger partial charge in [0.15, 0.2) is 0 Å². The Hall–Kier alpha value is -0.0400.